The fraction of sp³-hybridized carbons (Fsp3) is 0. The Morgan fingerprint density at radius 1 is 0.800 bits per heavy atom. The first-order valence-corrected chi connectivity index (χ1v) is 8.87. The molecule has 0 saturated heterocycles. The SMILES string of the molecule is O=[N+]([O-])c1cccc(S(=O)(=O)Nc2ccc(-c3ccccc3)cc2)c1. The van der Waals surface area contributed by atoms with E-state index in [1.807, 2.05) is 30.3 Å². The Bertz CT molecular complexity index is 1000. The smallest absolute Gasteiger partial charge is 0.270 e. The Morgan fingerprint density at radius 2 is 1.44 bits per heavy atom. The van der Waals surface area contributed by atoms with E-state index in [1.54, 1.807) is 24.3 Å². The maximum Gasteiger partial charge on any atom is 0.270 e. The van der Waals surface area contributed by atoms with Gasteiger partial charge in [0, 0.05) is 17.8 Å². The van der Waals surface area contributed by atoms with Gasteiger partial charge in [0.1, 0.15) is 0 Å². The Kier molecular flexibility index (Phi) is 4.49. The van der Waals surface area contributed by atoms with E-state index in [2.05, 4.69) is 4.72 Å². The van der Waals surface area contributed by atoms with E-state index in [-0.39, 0.29) is 10.6 Å². The molecule has 0 aliphatic rings. The highest BCUT2D eigenvalue weighted by atomic mass is 32.2. The van der Waals surface area contributed by atoms with Gasteiger partial charge in [0.05, 0.1) is 9.82 Å². The van der Waals surface area contributed by atoms with Crippen molar-refractivity contribution >= 4 is 21.4 Å². The summed E-state index contributed by atoms with van der Waals surface area (Å²) in [5, 5.41) is 10.8. The third kappa shape index (κ3) is 3.84. The number of sulfonamides is 1. The normalized spacial score (nSPS) is 11.0. The molecule has 6 nitrogen and oxygen atoms in total. The number of benzene rings is 3. The van der Waals surface area contributed by atoms with E-state index in [0.29, 0.717) is 5.69 Å². The molecule has 0 amide bonds. The van der Waals surface area contributed by atoms with Crippen molar-refractivity contribution in [1.82, 2.24) is 0 Å². The predicted octanol–water partition coefficient (Wildman–Crippen LogP) is 4.06. The number of nitrogens with one attached hydrogen (secondary N) is 1. The van der Waals surface area contributed by atoms with Crippen LogP contribution in [0.5, 0.6) is 0 Å². The number of nitrogens with zero attached hydrogens (tertiary/aromatic N) is 1. The van der Waals surface area contributed by atoms with Crippen LogP contribution >= 0.6 is 0 Å². The van der Waals surface area contributed by atoms with Gasteiger partial charge in [-0.25, -0.2) is 8.42 Å². The molecule has 3 aromatic carbocycles. The van der Waals surface area contributed by atoms with Gasteiger partial charge in [-0.15, -0.1) is 0 Å². The van der Waals surface area contributed by atoms with Gasteiger partial charge in [0.25, 0.3) is 15.7 Å². The summed E-state index contributed by atoms with van der Waals surface area (Å²) < 4.78 is 27.2. The number of nitro groups is 1. The molecule has 0 saturated carbocycles. The van der Waals surface area contributed by atoms with Crippen molar-refractivity contribution in [2.75, 3.05) is 4.72 Å². The molecule has 0 bridgehead atoms. The van der Waals surface area contributed by atoms with Gasteiger partial charge in [-0.05, 0) is 29.3 Å². The zero-order valence-corrected chi connectivity index (χ0v) is 13.8. The molecule has 0 fully saturated rings. The lowest BCUT2D eigenvalue weighted by molar-refractivity contribution is -0.385. The van der Waals surface area contributed by atoms with Gasteiger partial charge in [-0.3, -0.25) is 14.8 Å². The monoisotopic (exact) mass is 354 g/mol. The minimum Gasteiger partial charge on any atom is -0.280 e. The van der Waals surface area contributed by atoms with E-state index in [9.17, 15) is 18.5 Å². The first kappa shape index (κ1) is 16.7. The minimum absolute atomic E-state index is 0.158. The quantitative estimate of drug-likeness (QED) is 0.552. The van der Waals surface area contributed by atoms with Crippen LogP contribution in [-0.2, 0) is 10.0 Å². The van der Waals surface area contributed by atoms with Crippen LogP contribution in [0.15, 0.2) is 83.8 Å². The van der Waals surface area contributed by atoms with Crippen LogP contribution < -0.4 is 4.72 Å². The van der Waals surface area contributed by atoms with E-state index in [0.717, 1.165) is 17.2 Å². The second-order valence-electron chi connectivity index (χ2n) is 5.30. The summed E-state index contributed by atoms with van der Waals surface area (Å²) in [6.07, 6.45) is 0. The average molecular weight is 354 g/mol. The minimum atomic E-state index is -3.90. The Hall–Kier alpha value is -3.19. The van der Waals surface area contributed by atoms with Gasteiger partial charge in [-0.1, -0.05) is 48.5 Å². The lowest BCUT2D eigenvalue weighted by Gasteiger charge is -2.09. The van der Waals surface area contributed by atoms with Crippen molar-refractivity contribution in [3.8, 4) is 11.1 Å². The summed E-state index contributed by atoms with van der Waals surface area (Å²) in [6.45, 7) is 0. The molecule has 126 valence electrons. The molecule has 3 rings (SSSR count). The van der Waals surface area contributed by atoms with E-state index in [1.165, 1.54) is 18.2 Å². The summed E-state index contributed by atoms with van der Waals surface area (Å²) in [6, 6.07) is 21.5. The van der Waals surface area contributed by atoms with Crippen molar-refractivity contribution < 1.29 is 13.3 Å². The van der Waals surface area contributed by atoms with Gasteiger partial charge in [0.2, 0.25) is 0 Å². The topological polar surface area (TPSA) is 89.3 Å². The number of hydrogen-bond acceptors (Lipinski definition) is 4. The van der Waals surface area contributed by atoms with Crippen LogP contribution in [0, 0.1) is 10.1 Å². The van der Waals surface area contributed by atoms with E-state index >= 15 is 0 Å². The van der Waals surface area contributed by atoms with Gasteiger partial charge in [-0.2, -0.15) is 0 Å². The average Bonchev–Trinajstić information content (AvgIpc) is 2.63. The highest BCUT2D eigenvalue weighted by Gasteiger charge is 2.17. The highest BCUT2D eigenvalue weighted by Crippen LogP contribution is 2.24. The number of non-ortho nitro benzene ring substituents is 1. The van der Waals surface area contributed by atoms with Crippen molar-refractivity contribution in [1.29, 1.82) is 0 Å². The molecule has 0 spiro atoms. The fourth-order valence-corrected chi connectivity index (χ4v) is 3.44. The summed E-state index contributed by atoms with van der Waals surface area (Å²) in [4.78, 5) is 10.0. The van der Waals surface area contributed by atoms with Crippen LogP contribution in [0.25, 0.3) is 11.1 Å². The largest absolute Gasteiger partial charge is 0.280 e. The van der Waals surface area contributed by atoms with Crippen molar-refractivity contribution in [3.63, 3.8) is 0 Å². The maximum atomic E-state index is 12.4. The Morgan fingerprint density at radius 3 is 2.08 bits per heavy atom. The molecule has 25 heavy (non-hydrogen) atoms. The van der Waals surface area contributed by atoms with Crippen molar-refractivity contribution in [2.24, 2.45) is 0 Å². The second kappa shape index (κ2) is 6.74. The molecule has 0 aromatic heterocycles. The molecule has 0 unspecified atom stereocenters. The molecule has 1 N–H and O–H groups in total. The summed E-state index contributed by atoms with van der Waals surface area (Å²) in [5.41, 5.74) is 2.09. The van der Waals surface area contributed by atoms with E-state index in [4.69, 9.17) is 0 Å². The molecule has 0 aliphatic carbocycles. The first-order valence-electron chi connectivity index (χ1n) is 7.38. The number of anilines is 1. The second-order valence-corrected chi connectivity index (χ2v) is 6.99. The number of rotatable bonds is 5. The van der Waals surface area contributed by atoms with Crippen LogP contribution in [0.1, 0.15) is 0 Å². The van der Waals surface area contributed by atoms with Gasteiger partial charge >= 0.3 is 0 Å². The number of nitro benzene ring substituents is 1. The van der Waals surface area contributed by atoms with Crippen LogP contribution in [0.3, 0.4) is 0 Å². The van der Waals surface area contributed by atoms with Crippen LogP contribution in [-0.4, -0.2) is 13.3 Å². The fourth-order valence-electron chi connectivity index (χ4n) is 2.34. The molecule has 0 atom stereocenters. The highest BCUT2D eigenvalue weighted by molar-refractivity contribution is 7.92. The Labute approximate surface area is 145 Å². The van der Waals surface area contributed by atoms with Crippen LogP contribution in [0.4, 0.5) is 11.4 Å². The molecule has 0 radical (unpaired) electrons. The third-order valence-corrected chi connectivity index (χ3v) is 4.96. The Balaban J connectivity index is 1.84. The molecule has 0 aliphatic heterocycles. The molecular weight excluding hydrogens is 340 g/mol. The summed E-state index contributed by atoms with van der Waals surface area (Å²) >= 11 is 0. The molecule has 0 heterocycles. The summed E-state index contributed by atoms with van der Waals surface area (Å²) in [5.74, 6) is 0. The zero-order chi connectivity index (χ0) is 17.9. The predicted molar refractivity (Wildman–Crippen MR) is 95.8 cm³/mol. The third-order valence-electron chi connectivity index (χ3n) is 3.58. The van der Waals surface area contributed by atoms with Crippen LogP contribution in [0.2, 0.25) is 0 Å². The summed E-state index contributed by atoms with van der Waals surface area (Å²) in [7, 11) is -3.90. The van der Waals surface area contributed by atoms with Gasteiger partial charge in [0.15, 0.2) is 0 Å². The maximum absolute atomic E-state index is 12.4. The van der Waals surface area contributed by atoms with Crippen molar-refractivity contribution in [3.05, 3.63) is 89.0 Å². The van der Waals surface area contributed by atoms with Gasteiger partial charge < -0.3 is 0 Å². The molecule has 7 heteroatoms. The molecule has 3 aromatic rings. The van der Waals surface area contributed by atoms with Crippen molar-refractivity contribution in [2.45, 2.75) is 4.90 Å². The first-order chi connectivity index (χ1) is 12.0. The standard InChI is InChI=1S/C18H14N2O4S/c21-20(22)17-7-4-8-18(13-17)25(23,24)19-16-11-9-15(10-12-16)14-5-2-1-3-6-14/h1-13,19H. The number of hydrogen-bond donors (Lipinski definition) is 1. The lowest BCUT2D eigenvalue weighted by atomic mass is 10.1. The lowest BCUT2D eigenvalue weighted by Crippen LogP contribution is -2.13. The van der Waals surface area contributed by atoms with E-state index < -0.39 is 14.9 Å². The molecular formula is C18H14N2O4S. The zero-order valence-electron chi connectivity index (χ0n) is 13.0.